The molecule has 20 heavy (non-hydrogen) atoms. The standard InChI is InChI=1S/C14H10N2O4/c17-14-12-7-2-1-6-11(12)13(20-14)15-9-4-3-5-10(8-9)16(18)19/h1-8,13,15H. The van der Waals surface area contributed by atoms with E-state index >= 15 is 0 Å². The van der Waals surface area contributed by atoms with E-state index in [-0.39, 0.29) is 5.69 Å². The van der Waals surface area contributed by atoms with Crippen molar-refractivity contribution >= 4 is 17.3 Å². The van der Waals surface area contributed by atoms with Crippen molar-refractivity contribution in [1.29, 1.82) is 0 Å². The van der Waals surface area contributed by atoms with Crippen molar-refractivity contribution in [3.63, 3.8) is 0 Å². The van der Waals surface area contributed by atoms with Gasteiger partial charge in [-0.2, -0.15) is 0 Å². The SMILES string of the molecule is O=C1OC(Nc2cccc([N+](=O)[O-])c2)c2ccccc21. The number of ether oxygens (including phenoxy) is 1. The molecule has 6 nitrogen and oxygen atoms in total. The molecule has 0 radical (unpaired) electrons. The van der Waals surface area contributed by atoms with E-state index in [0.717, 1.165) is 5.56 Å². The minimum Gasteiger partial charge on any atom is -0.434 e. The van der Waals surface area contributed by atoms with E-state index in [1.54, 1.807) is 30.3 Å². The third-order valence-corrected chi connectivity index (χ3v) is 3.04. The number of non-ortho nitro benzene ring substituents is 1. The van der Waals surface area contributed by atoms with Crippen LogP contribution in [0.25, 0.3) is 0 Å². The van der Waals surface area contributed by atoms with Crippen LogP contribution < -0.4 is 5.32 Å². The number of benzene rings is 2. The molecule has 2 aromatic rings. The van der Waals surface area contributed by atoms with E-state index in [1.165, 1.54) is 12.1 Å². The molecule has 0 saturated carbocycles. The van der Waals surface area contributed by atoms with E-state index < -0.39 is 17.1 Å². The molecule has 1 aliphatic rings. The van der Waals surface area contributed by atoms with Crippen LogP contribution in [0.1, 0.15) is 22.1 Å². The average Bonchev–Trinajstić information content (AvgIpc) is 2.76. The molecule has 100 valence electrons. The Morgan fingerprint density at radius 2 is 1.95 bits per heavy atom. The first-order chi connectivity index (χ1) is 9.65. The molecule has 6 heteroatoms. The number of anilines is 1. The molecule has 1 aliphatic heterocycles. The summed E-state index contributed by atoms with van der Waals surface area (Å²) in [5.74, 6) is -0.400. The monoisotopic (exact) mass is 270 g/mol. The molecular weight excluding hydrogens is 260 g/mol. The van der Waals surface area contributed by atoms with E-state index in [0.29, 0.717) is 11.3 Å². The lowest BCUT2D eigenvalue weighted by atomic mass is 10.1. The predicted molar refractivity (Wildman–Crippen MR) is 71.3 cm³/mol. The van der Waals surface area contributed by atoms with Gasteiger partial charge in [0.1, 0.15) is 0 Å². The number of carbonyl (C=O) groups is 1. The second kappa shape index (κ2) is 4.65. The minimum atomic E-state index is -0.624. The Morgan fingerprint density at radius 3 is 2.75 bits per heavy atom. The lowest BCUT2D eigenvalue weighted by Gasteiger charge is -2.14. The van der Waals surface area contributed by atoms with Gasteiger partial charge >= 0.3 is 5.97 Å². The highest BCUT2D eigenvalue weighted by Gasteiger charge is 2.30. The zero-order valence-electron chi connectivity index (χ0n) is 10.3. The van der Waals surface area contributed by atoms with Crippen LogP contribution in [0, 0.1) is 10.1 Å². The highest BCUT2D eigenvalue weighted by atomic mass is 16.6. The summed E-state index contributed by atoms with van der Waals surface area (Å²) in [6.07, 6.45) is -0.624. The maximum absolute atomic E-state index is 11.7. The first-order valence-electron chi connectivity index (χ1n) is 5.96. The fourth-order valence-electron chi connectivity index (χ4n) is 2.11. The lowest BCUT2D eigenvalue weighted by molar-refractivity contribution is -0.384. The quantitative estimate of drug-likeness (QED) is 0.527. The molecular formula is C14H10N2O4. The lowest BCUT2D eigenvalue weighted by Crippen LogP contribution is -2.10. The normalized spacial score (nSPS) is 16.4. The summed E-state index contributed by atoms with van der Waals surface area (Å²) < 4.78 is 5.22. The maximum atomic E-state index is 11.7. The highest BCUT2D eigenvalue weighted by Crippen LogP contribution is 2.31. The van der Waals surface area contributed by atoms with Gasteiger partial charge in [0.2, 0.25) is 6.23 Å². The fraction of sp³-hybridized carbons (Fsp3) is 0.0714. The largest absolute Gasteiger partial charge is 0.434 e. The first kappa shape index (κ1) is 12.2. The van der Waals surface area contributed by atoms with Gasteiger partial charge in [0.15, 0.2) is 0 Å². The Labute approximate surface area is 114 Å². The molecule has 2 aromatic carbocycles. The van der Waals surface area contributed by atoms with Crippen LogP contribution in [0.5, 0.6) is 0 Å². The fourth-order valence-corrected chi connectivity index (χ4v) is 2.11. The summed E-state index contributed by atoms with van der Waals surface area (Å²) in [6.45, 7) is 0. The molecule has 1 atom stereocenters. The number of nitrogens with one attached hydrogen (secondary N) is 1. The van der Waals surface area contributed by atoms with E-state index in [9.17, 15) is 14.9 Å². The van der Waals surface area contributed by atoms with Crippen LogP contribution in [-0.4, -0.2) is 10.9 Å². The molecule has 0 aliphatic carbocycles. The molecule has 0 spiro atoms. The van der Waals surface area contributed by atoms with E-state index in [2.05, 4.69) is 5.32 Å². The van der Waals surface area contributed by atoms with Gasteiger partial charge in [-0.25, -0.2) is 4.79 Å². The Balaban J connectivity index is 1.88. The van der Waals surface area contributed by atoms with Gasteiger partial charge in [0.05, 0.1) is 10.5 Å². The second-order valence-electron chi connectivity index (χ2n) is 4.32. The number of esters is 1. The topological polar surface area (TPSA) is 81.5 Å². The van der Waals surface area contributed by atoms with Gasteiger partial charge in [0, 0.05) is 23.4 Å². The average molecular weight is 270 g/mol. The van der Waals surface area contributed by atoms with Crippen LogP contribution in [0.15, 0.2) is 48.5 Å². The number of cyclic esters (lactones) is 1. The smallest absolute Gasteiger partial charge is 0.340 e. The van der Waals surface area contributed by atoms with Crippen molar-refractivity contribution in [3.8, 4) is 0 Å². The first-order valence-corrected chi connectivity index (χ1v) is 5.96. The van der Waals surface area contributed by atoms with Crippen LogP contribution in [0.4, 0.5) is 11.4 Å². The molecule has 0 amide bonds. The summed E-state index contributed by atoms with van der Waals surface area (Å²) in [7, 11) is 0. The van der Waals surface area contributed by atoms with Crippen molar-refractivity contribution < 1.29 is 14.5 Å². The highest BCUT2D eigenvalue weighted by molar-refractivity contribution is 5.94. The van der Waals surface area contributed by atoms with Gasteiger partial charge in [0.25, 0.3) is 5.69 Å². The number of hydrogen-bond donors (Lipinski definition) is 1. The number of nitro groups is 1. The van der Waals surface area contributed by atoms with Crippen LogP contribution in [0.2, 0.25) is 0 Å². The molecule has 3 rings (SSSR count). The minimum absolute atomic E-state index is 0.0207. The van der Waals surface area contributed by atoms with Gasteiger partial charge in [-0.3, -0.25) is 10.1 Å². The molecule has 0 aromatic heterocycles. The summed E-state index contributed by atoms with van der Waals surface area (Å²) in [5, 5.41) is 13.7. The zero-order chi connectivity index (χ0) is 14.1. The summed E-state index contributed by atoms with van der Waals surface area (Å²) in [5.41, 5.74) is 1.74. The number of hydrogen-bond acceptors (Lipinski definition) is 5. The van der Waals surface area contributed by atoms with Crippen molar-refractivity contribution in [2.75, 3.05) is 5.32 Å². The van der Waals surface area contributed by atoms with Gasteiger partial charge in [-0.1, -0.05) is 24.3 Å². The van der Waals surface area contributed by atoms with Crippen molar-refractivity contribution in [2.45, 2.75) is 6.23 Å². The molecule has 0 bridgehead atoms. The summed E-state index contributed by atoms with van der Waals surface area (Å²) >= 11 is 0. The second-order valence-corrected chi connectivity index (χ2v) is 4.32. The van der Waals surface area contributed by atoms with Gasteiger partial charge in [-0.05, 0) is 12.1 Å². The van der Waals surface area contributed by atoms with Crippen LogP contribution in [0.3, 0.4) is 0 Å². The Kier molecular flexibility index (Phi) is 2.83. The van der Waals surface area contributed by atoms with Crippen molar-refractivity contribution in [1.82, 2.24) is 0 Å². The Bertz CT molecular complexity index is 699. The third kappa shape index (κ3) is 2.07. The van der Waals surface area contributed by atoms with Gasteiger partial charge < -0.3 is 10.1 Å². The van der Waals surface area contributed by atoms with Crippen LogP contribution >= 0.6 is 0 Å². The third-order valence-electron chi connectivity index (χ3n) is 3.04. The van der Waals surface area contributed by atoms with Crippen LogP contribution in [-0.2, 0) is 4.74 Å². The number of carbonyl (C=O) groups excluding carboxylic acids is 1. The number of fused-ring (bicyclic) bond motifs is 1. The van der Waals surface area contributed by atoms with Gasteiger partial charge in [-0.15, -0.1) is 0 Å². The van der Waals surface area contributed by atoms with E-state index in [4.69, 9.17) is 4.74 Å². The van der Waals surface area contributed by atoms with Crippen molar-refractivity contribution in [3.05, 3.63) is 69.8 Å². The predicted octanol–water partition coefficient (Wildman–Crippen LogP) is 2.88. The van der Waals surface area contributed by atoms with E-state index in [1.807, 2.05) is 6.07 Å². The van der Waals surface area contributed by atoms with Crippen molar-refractivity contribution in [2.24, 2.45) is 0 Å². The summed E-state index contributed by atoms with van der Waals surface area (Å²) in [4.78, 5) is 21.9. The molecule has 1 heterocycles. The number of rotatable bonds is 3. The molecule has 0 saturated heterocycles. The summed E-state index contributed by atoms with van der Waals surface area (Å²) in [6, 6.07) is 13.1. The number of nitrogens with zero attached hydrogens (tertiary/aromatic N) is 1. The molecule has 1 unspecified atom stereocenters. The molecule has 1 N–H and O–H groups in total. The Hall–Kier alpha value is -2.89. The zero-order valence-corrected chi connectivity index (χ0v) is 10.3. The number of nitro benzene ring substituents is 1. The Morgan fingerprint density at radius 1 is 1.15 bits per heavy atom. The molecule has 0 fully saturated rings. The maximum Gasteiger partial charge on any atom is 0.340 e.